The maximum atomic E-state index is 12.8. The van der Waals surface area contributed by atoms with Gasteiger partial charge in [-0.05, 0) is 42.4 Å². The molecule has 8 heteroatoms. The standard InChI is InChI=1S/C21H21N3O5/c1-23-19-7-4-15(21(8-9-22)28-10-11-29-21)13-17(19)18(20(23)25)12-14-2-5-16(6-3-14)24(26)27/h2-7,12-13H,8-11,22H2,1H3/b18-12-. The fourth-order valence-electron chi connectivity index (χ4n) is 3.78. The van der Waals surface area contributed by atoms with Crippen molar-refractivity contribution in [2.24, 2.45) is 5.73 Å². The maximum Gasteiger partial charge on any atom is 0.269 e. The van der Waals surface area contributed by atoms with Gasteiger partial charge in [-0.2, -0.15) is 0 Å². The number of carbonyl (C=O) groups excluding carboxylic acids is 1. The maximum absolute atomic E-state index is 12.8. The lowest BCUT2D eigenvalue weighted by Crippen LogP contribution is -2.30. The average molecular weight is 395 g/mol. The van der Waals surface area contributed by atoms with Crippen LogP contribution in [-0.4, -0.2) is 37.6 Å². The van der Waals surface area contributed by atoms with Gasteiger partial charge < -0.3 is 20.1 Å². The van der Waals surface area contributed by atoms with Gasteiger partial charge in [0.05, 0.1) is 23.8 Å². The molecule has 2 aliphatic rings. The Hall–Kier alpha value is -3.07. The summed E-state index contributed by atoms with van der Waals surface area (Å²) in [5.41, 5.74) is 9.36. The van der Waals surface area contributed by atoms with Crippen LogP contribution in [0.3, 0.4) is 0 Å². The zero-order chi connectivity index (χ0) is 20.6. The van der Waals surface area contributed by atoms with Crippen molar-refractivity contribution in [2.75, 3.05) is 31.7 Å². The number of non-ortho nitro benzene ring substituents is 1. The van der Waals surface area contributed by atoms with Crippen LogP contribution in [0.5, 0.6) is 0 Å². The number of ether oxygens (including phenoxy) is 2. The van der Waals surface area contributed by atoms with Crippen molar-refractivity contribution in [1.29, 1.82) is 0 Å². The number of benzene rings is 2. The zero-order valence-electron chi connectivity index (χ0n) is 16.0. The van der Waals surface area contributed by atoms with Crippen LogP contribution in [-0.2, 0) is 20.1 Å². The number of amides is 1. The molecule has 0 saturated carbocycles. The van der Waals surface area contributed by atoms with Gasteiger partial charge in [-0.15, -0.1) is 0 Å². The zero-order valence-corrected chi connectivity index (χ0v) is 16.0. The third-order valence-corrected chi connectivity index (χ3v) is 5.27. The molecule has 2 aliphatic heterocycles. The van der Waals surface area contributed by atoms with Crippen LogP contribution < -0.4 is 10.6 Å². The molecular weight excluding hydrogens is 374 g/mol. The molecule has 0 bridgehead atoms. The van der Waals surface area contributed by atoms with Crippen LogP contribution in [0.15, 0.2) is 42.5 Å². The topological polar surface area (TPSA) is 108 Å². The monoisotopic (exact) mass is 395 g/mol. The van der Waals surface area contributed by atoms with Gasteiger partial charge in [0.2, 0.25) is 0 Å². The first-order chi connectivity index (χ1) is 13.9. The lowest BCUT2D eigenvalue weighted by Gasteiger charge is -2.28. The smallest absolute Gasteiger partial charge is 0.269 e. The van der Waals surface area contributed by atoms with E-state index in [0.29, 0.717) is 37.3 Å². The SMILES string of the molecule is CN1C(=O)/C(=C\c2ccc([N+](=O)[O-])cc2)c2cc(C3(CCN)OCCO3)ccc21. The minimum atomic E-state index is -0.896. The Bertz CT molecular complexity index is 994. The lowest BCUT2D eigenvalue weighted by molar-refractivity contribution is -0.384. The molecule has 1 saturated heterocycles. The predicted octanol–water partition coefficient (Wildman–Crippen LogP) is 2.66. The molecule has 2 heterocycles. The van der Waals surface area contributed by atoms with Crippen LogP contribution in [0, 0.1) is 10.1 Å². The second-order valence-electron chi connectivity index (χ2n) is 6.99. The first kappa shape index (κ1) is 19.3. The molecule has 0 aromatic heterocycles. The minimum absolute atomic E-state index is 0.00367. The Morgan fingerprint density at radius 3 is 2.52 bits per heavy atom. The summed E-state index contributed by atoms with van der Waals surface area (Å²) in [5.74, 6) is -1.04. The summed E-state index contributed by atoms with van der Waals surface area (Å²) in [6.45, 7) is 1.38. The number of nitrogens with zero attached hydrogens (tertiary/aromatic N) is 2. The van der Waals surface area contributed by atoms with E-state index in [9.17, 15) is 14.9 Å². The molecule has 0 atom stereocenters. The van der Waals surface area contributed by atoms with Crippen molar-refractivity contribution < 1.29 is 19.2 Å². The van der Waals surface area contributed by atoms with Gasteiger partial charge in [0.15, 0.2) is 5.79 Å². The van der Waals surface area contributed by atoms with Crippen LogP contribution >= 0.6 is 0 Å². The molecule has 0 aliphatic carbocycles. The van der Waals surface area contributed by atoms with Gasteiger partial charge in [0, 0.05) is 42.3 Å². The number of fused-ring (bicyclic) bond motifs is 1. The van der Waals surface area contributed by atoms with E-state index in [1.54, 1.807) is 30.2 Å². The molecule has 1 fully saturated rings. The first-order valence-corrected chi connectivity index (χ1v) is 9.32. The van der Waals surface area contributed by atoms with E-state index in [2.05, 4.69) is 0 Å². The molecule has 2 aromatic rings. The van der Waals surface area contributed by atoms with E-state index in [1.807, 2.05) is 18.2 Å². The summed E-state index contributed by atoms with van der Waals surface area (Å²) < 4.78 is 11.8. The second-order valence-corrected chi connectivity index (χ2v) is 6.99. The fourth-order valence-corrected chi connectivity index (χ4v) is 3.78. The van der Waals surface area contributed by atoms with E-state index < -0.39 is 10.7 Å². The third kappa shape index (κ3) is 3.31. The number of nitrogens with two attached hydrogens (primary N) is 1. The molecule has 0 unspecified atom stereocenters. The van der Waals surface area contributed by atoms with Gasteiger partial charge in [0.1, 0.15) is 0 Å². The number of hydrogen-bond donors (Lipinski definition) is 1. The van der Waals surface area contributed by atoms with Gasteiger partial charge in [0.25, 0.3) is 11.6 Å². The van der Waals surface area contributed by atoms with Gasteiger partial charge >= 0.3 is 0 Å². The predicted molar refractivity (Wildman–Crippen MR) is 108 cm³/mol. The highest BCUT2D eigenvalue weighted by molar-refractivity contribution is 6.35. The number of anilines is 1. The number of likely N-dealkylation sites (N-methyl/N-ethyl adjacent to an activating group) is 1. The van der Waals surface area contributed by atoms with E-state index in [0.717, 1.165) is 16.8 Å². The number of nitro benzene ring substituents is 1. The van der Waals surface area contributed by atoms with Crippen molar-refractivity contribution in [2.45, 2.75) is 12.2 Å². The first-order valence-electron chi connectivity index (χ1n) is 9.32. The number of hydrogen-bond acceptors (Lipinski definition) is 6. The van der Waals surface area contributed by atoms with Crippen LogP contribution in [0.25, 0.3) is 11.6 Å². The summed E-state index contributed by atoms with van der Waals surface area (Å²) in [6.07, 6.45) is 2.25. The van der Waals surface area contributed by atoms with E-state index in [-0.39, 0.29) is 11.6 Å². The molecular formula is C21H21N3O5. The number of rotatable bonds is 5. The van der Waals surface area contributed by atoms with Crippen molar-refractivity contribution in [3.05, 3.63) is 69.3 Å². The largest absolute Gasteiger partial charge is 0.343 e. The van der Waals surface area contributed by atoms with E-state index >= 15 is 0 Å². The van der Waals surface area contributed by atoms with Gasteiger partial charge in [-0.1, -0.05) is 6.07 Å². The summed E-state index contributed by atoms with van der Waals surface area (Å²) in [5, 5.41) is 10.9. The van der Waals surface area contributed by atoms with Crippen LogP contribution in [0.2, 0.25) is 0 Å². The lowest BCUT2D eigenvalue weighted by atomic mass is 9.96. The molecule has 8 nitrogen and oxygen atoms in total. The average Bonchev–Trinajstić information content (AvgIpc) is 3.28. The van der Waals surface area contributed by atoms with E-state index in [4.69, 9.17) is 15.2 Å². The Morgan fingerprint density at radius 1 is 1.21 bits per heavy atom. The highest BCUT2D eigenvalue weighted by Crippen LogP contribution is 2.42. The Kier molecular flexibility index (Phi) is 4.91. The molecule has 0 radical (unpaired) electrons. The molecule has 0 spiro atoms. The Morgan fingerprint density at radius 2 is 1.90 bits per heavy atom. The highest BCUT2D eigenvalue weighted by atomic mass is 16.7. The van der Waals surface area contributed by atoms with Gasteiger partial charge in [-0.3, -0.25) is 14.9 Å². The summed E-state index contributed by atoms with van der Waals surface area (Å²) in [6, 6.07) is 11.8. The fraction of sp³-hybridized carbons (Fsp3) is 0.286. The van der Waals surface area contributed by atoms with Crippen LogP contribution in [0.1, 0.15) is 23.1 Å². The van der Waals surface area contributed by atoms with Crippen molar-refractivity contribution in [1.82, 2.24) is 0 Å². The molecule has 29 heavy (non-hydrogen) atoms. The molecule has 4 rings (SSSR count). The van der Waals surface area contributed by atoms with Crippen molar-refractivity contribution in [3.63, 3.8) is 0 Å². The van der Waals surface area contributed by atoms with Crippen LogP contribution in [0.4, 0.5) is 11.4 Å². The summed E-state index contributed by atoms with van der Waals surface area (Å²) in [4.78, 5) is 24.8. The number of nitro groups is 1. The quantitative estimate of drug-likeness (QED) is 0.474. The third-order valence-electron chi connectivity index (χ3n) is 5.27. The Balaban J connectivity index is 1.77. The highest BCUT2D eigenvalue weighted by Gasteiger charge is 2.40. The minimum Gasteiger partial charge on any atom is -0.343 e. The molecule has 1 amide bonds. The van der Waals surface area contributed by atoms with Crippen molar-refractivity contribution in [3.8, 4) is 0 Å². The Labute approximate surface area is 167 Å². The van der Waals surface area contributed by atoms with E-state index in [1.165, 1.54) is 12.1 Å². The van der Waals surface area contributed by atoms with Crippen molar-refractivity contribution >= 4 is 28.9 Å². The van der Waals surface area contributed by atoms with Gasteiger partial charge in [-0.25, -0.2) is 0 Å². The molecule has 150 valence electrons. The molecule has 2 aromatic carbocycles. The summed E-state index contributed by atoms with van der Waals surface area (Å²) >= 11 is 0. The normalized spacial score (nSPS) is 19.0. The second kappa shape index (κ2) is 7.40. The molecule has 2 N–H and O–H groups in total. The number of carbonyl (C=O) groups is 1. The summed E-state index contributed by atoms with van der Waals surface area (Å²) in [7, 11) is 1.72.